The van der Waals surface area contributed by atoms with Crippen molar-refractivity contribution in [1.82, 2.24) is 5.32 Å². The molecule has 1 aromatic rings. The molecule has 4 N–H and O–H groups in total. The Morgan fingerprint density at radius 3 is 2.58 bits per heavy atom. The highest BCUT2D eigenvalue weighted by Crippen LogP contribution is 2.47. The Hall–Kier alpha value is -3.13. The summed E-state index contributed by atoms with van der Waals surface area (Å²) in [6, 6.07) is 8.74. The maximum absolute atomic E-state index is 13.4. The van der Waals surface area contributed by atoms with Gasteiger partial charge in [0.1, 0.15) is 12.2 Å². The number of carbonyl (C=O) groups excluding carboxylic acids is 3. The van der Waals surface area contributed by atoms with Gasteiger partial charge in [-0.3, -0.25) is 9.59 Å². The molecule has 0 saturated carbocycles. The van der Waals surface area contributed by atoms with Crippen LogP contribution in [-0.2, 0) is 19.1 Å². The average molecular weight is 553 g/mol. The number of nitrogens with one attached hydrogen (secondary N) is 1. The molecule has 0 bridgehead atoms. The number of urea groups is 1. The van der Waals surface area contributed by atoms with Gasteiger partial charge in [-0.15, -0.1) is 0 Å². The van der Waals surface area contributed by atoms with E-state index in [-0.39, 0.29) is 54.2 Å². The number of rotatable bonds is 9. The molecule has 2 aliphatic carbocycles. The van der Waals surface area contributed by atoms with Gasteiger partial charge in [0, 0.05) is 18.3 Å². The van der Waals surface area contributed by atoms with Crippen LogP contribution in [0.15, 0.2) is 54.1 Å². The topological polar surface area (TPSA) is 128 Å². The SMILES string of the molecule is CCC(C)(C)C(=O)O[C@H]1C[C@H](C(NC(N)=O)c2ccccc2)C=C2C=C[C@H](C)[C@H](CC[C@@H]3C[C@@H](O)CC(=O)O3)[C@H]21. The number of allylic oxidation sites excluding steroid dienone is 2. The van der Waals surface area contributed by atoms with Gasteiger partial charge in [-0.1, -0.05) is 62.4 Å². The van der Waals surface area contributed by atoms with Crippen molar-refractivity contribution >= 4 is 18.0 Å². The molecule has 2 amide bonds. The van der Waals surface area contributed by atoms with Crippen LogP contribution in [0, 0.1) is 29.1 Å². The summed E-state index contributed by atoms with van der Waals surface area (Å²) in [5, 5.41) is 13.0. The Balaban J connectivity index is 1.66. The van der Waals surface area contributed by atoms with Crippen LogP contribution in [0.4, 0.5) is 4.79 Å². The van der Waals surface area contributed by atoms with E-state index in [1.807, 2.05) is 51.1 Å². The normalized spacial score (nSPS) is 30.9. The molecule has 0 aromatic heterocycles. The van der Waals surface area contributed by atoms with Crippen molar-refractivity contribution < 1.29 is 29.0 Å². The van der Waals surface area contributed by atoms with Crippen LogP contribution in [-0.4, -0.2) is 41.4 Å². The minimum Gasteiger partial charge on any atom is -0.462 e. The van der Waals surface area contributed by atoms with E-state index in [0.717, 1.165) is 17.6 Å². The minimum absolute atomic E-state index is 0.0397. The standard InChI is InChI=1S/C32H44N2O6/c1-5-32(3,4)30(37)40-26-16-22(29(34-31(33)38)20-9-7-6-8-10-20)15-21-12-11-19(2)25(28(21)26)14-13-24-17-23(35)18-27(36)39-24/h6-12,15,19,22-26,28-29,35H,5,13-14,16-18H2,1-4H3,(H3,33,34,38)/t19-,22+,23+,24+,25-,26-,28-,29?/m0/s1. The molecule has 1 fully saturated rings. The molecular formula is C32H44N2O6. The molecule has 0 radical (unpaired) electrons. The fourth-order valence-corrected chi connectivity index (χ4v) is 6.38. The number of nitrogens with two attached hydrogens (primary N) is 1. The molecule has 1 unspecified atom stereocenters. The minimum atomic E-state index is -0.668. The summed E-state index contributed by atoms with van der Waals surface area (Å²) in [5.74, 6) is -0.402. The molecule has 1 aliphatic heterocycles. The van der Waals surface area contributed by atoms with E-state index >= 15 is 0 Å². The quantitative estimate of drug-likeness (QED) is 0.371. The van der Waals surface area contributed by atoms with Crippen molar-refractivity contribution in [3.63, 3.8) is 0 Å². The number of esters is 2. The number of primary amides is 1. The number of fused-ring (bicyclic) bond motifs is 1. The zero-order chi connectivity index (χ0) is 29.0. The number of carbonyl (C=O) groups is 3. The van der Waals surface area contributed by atoms with E-state index in [4.69, 9.17) is 15.2 Å². The van der Waals surface area contributed by atoms with Crippen LogP contribution in [0.5, 0.6) is 0 Å². The van der Waals surface area contributed by atoms with Crippen molar-refractivity contribution in [2.45, 2.75) is 90.6 Å². The lowest BCUT2D eigenvalue weighted by Crippen LogP contribution is -2.46. The van der Waals surface area contributed by atoms with Crippen LogP contribution in [0.25, 0.3) is 0 Å². The number of hydrogen-bond acceptors (Lipinski definition) is 6. The predicted octanol–water partition coefficient (Wildman–Crippen LogP) is 4.98. The van der Waals surface area contributed by atoms with E-state index < -0.39 is 23.7 Å². The van der Waals surface area contributed by atoms with Gasteiger partial charge in [-0.2, -0.15) is 0 Å². The van der Waals surface area contributed by atoms with Gasteiger partial charge >= 0.3 is 18.0 Å². The molecule has 1 heterocycles. The van der Waals surface area contributed by atoms with E-state index in [9.17, 15) is 19.5 Å². The van der Waals surface area contributed by atoms with E-state index in [1.165, 1.54) is 0 Å². The van der Waals surface area contributed by atoms with Crippen LogP contribution in [0.3, 0.4) is 0 Å². The molecule has 8 atom stereocenters. The Labute approximate surface area is 237 Å². The van der Waals surface area contributed by atoms with Gasteiger partial charge in [0.05, 0.1) is 24.0 Å². The third kappa shape index (κ3) is 6.95. The van der Waals surface area contributed by atoms with Gasteiger partial charge in [-0.05, 0) is 62.5 Å². The summed E-state index contributed by atoms with van der Waals surface area (Å²) < 4.78 is 11.9. The molecule has 40 heavy (non-hydrogen) atoms. The zero-order valence-corrected chi connectivity index (χ0v) is 24.0. The van der Waals surface area contributed by atoms with E-state index in [2.05, 4.69) is 30.5 Å². The zero-order valence-electron chi connectivity index (χ0n) is 24.0. The molecule has 4 rings (SSSR count). The van der Waals surface area contributed by atoms with Crippen molar-refractivity contribution in [1.29, 1.82) is 0 Å². The summed E-state index contributed by atoms with van der Waals surface area (Å²) in [7, 11) is 0. The van der Waals surface area contributed by atoms with Crippen LogP contribution in [0.1, 0.15) is 77.8 Å². The van der Waals surface area contributed by atoms with Crippen molar-refractivity contribution in [3.05, 3.63) is 59.7 Å². The smallest absolute Gasteiger partial charge is 0.312 e. The monoisotopic (exact) mass is 552 g/mol. The number of aliphatic hydroxyl groups excluding tert-OH is 1. The lowest BCUT2D eigenvalue weighted by atomic mass is 9.64. The highest BCUT2D eigenvalue weighted by atomic mass is 16.6. The lowest BCUT2D eigenvalue weighted by molar-refractivity contribution is -0.166. The second kappa shape index (κ2) is 12.6. The molecule has 1 aromatic carbocycles. The third-order valence-electron chi connectivity index (χ3n) is 9.06. The molecular weight excluding hydrogens is 508 g/mol. The van der Waals surface area contributed by atoms with Gasteiger partial charge in [-0.25, -0.2) is 4.79 Å². The lowest BCUT2D eigenvalue weighted by Gasteiger charge is -2.45. The number of aliphatic hydroxyl groups is 1. The highest BCUT2D eigenvalue weighted by molar-refractivity contribution is 5.76. The first-order chi connectivity index (χ1) is 19.0. The van der Waals surface area contributed by atoms with Gasteiger partial charge < -0.3 is 25.6 Å². The summed E-state index contributed by atoms with van der Waals surface area (Å²) in [4.78, 5) is 37.4. The number of benzene rings is 1. The predicted molar refractivity (Wildman–Crippen MR) is 152 cm³/mol. The van der Waals surface area contributed by atoms with Crippen molar-refractivity contribution in [2.75, 3.05) is 0 Å². The van der Waals surface area contributed by atoms with Crippen molar-refractivity contribution in [3.8, 4) is 0 Å². The second-order valence-electron chi connectivity index (χ2n) is 12.3. The van der Waals surface area contributed by atoms with E-state index in [1.54, 1.807) is 0 Å². The first-order valence-electron chi connectivity index (χ1n) is 14.6. The second-order valence-corrected chi connectivity index (χ2v) is 12.3. The maximum Gasteiger partial charge on any atom is 0.312 e. The Morgan fingerprint density at radius 1 is 1.20 bits per heavy atom. The fourth-order valence-electron chi connectivity index (χ4n) is 6.38. The molecule has 3 aliphatic rings. The molecule has 1 saturated heterocycles. The molecule has 8 heteroatoms. The molecule has 218 valence electrons. The average Bonchev–Trinajstić information content (AvgIpc) is 2.91. The summed E-state index contributed by atoms with van der Waals surface area (Å²) >= 11 is 0. The largest absolute Gasteiger partial charge is 0.462 e. The summed E-state index contributed by atoms with van der Waals surface area (Å²) in [5.41, 5.74) is 7.00. The van der Waals surface area contributed by atoms with Crippen LogP contribution >= 0.6 is 0 Å². The third-order valence-corrected chi connectivity index (χ3v) is 9.06. The van der Waals surface area contributed by atoms with Crippen LogP contribution < -0.4 is 11.1 Å². The number of amides is 2. The van der Waals surface area contributed by atoms with E-state index in [0.29, 0.717) is 25.7 Å². The Morgan fingerprint density at radius 2 is 1.93 bits per heavy atom. The summed E-state index contributed by atoms with van der Waals surface area (Å²) in [6.07, 6.45) is 8.19. The fraction of sp³-hybridized carbons (Fsp3) is 0.594. The molecule has 0 spiro atoms. The summed E-state index contributed by atoms with van der Waals surface area (Å²) in [6.45, 7) is 7.95. The molecule has 8 nitrogen and oxygen atoms in total. The number of hydrogen-bond donors (Lipinski definition) is 3. The first kappa shape index (κ1) is 29.8. The number of cyclic esters (lactones) is 1. The van der Waals surface area contributed by atoms with Crippen molar-refractivity contribution in [2.24, 2.45) is 34.8 Å². The Bertz CT molecular complexity index is 1130. The number of ether oxygens (including phenoxy) is 2. The van der Waals surface area contributed by atoms with Crippen LogP contribution in [0.2, 0.25) is 0 Å². The Kier molecular flexibility index (Phi) is 9.39. The van der Waals surface area contributed by atoms with Gasteiger partial charge in [0.2, 0.25) is 0 Å². The maximum atomic E-state index is 13.4. The van der Waals surface area contributed by atoms with Gasteiger partial charge in [0.25, 0.3) is 0 Å². The first-order valence-corrected chi connectivity index (χ1v) is 14.6. The van der Waals surface area contributed by atoms with Gasteiger partial charge in [0.15, 0.2) is 0 Å². The highest BCUT2D eigenvalue weighted by Gasteiger charge is 2.45.